The van der Waals surface area contributed by atoms with Crippen LogP contribution in [0.15, 0.2) is 30.3 Å². The van der Waals surface area contributed by atoms with E-state index in [1.165, 1.54) is 13.0 Å². The number of Topliss-reactive ketones (excluding diaryl/α,β-unsaturated/α-hetero) is 1. The number of carbonyl (C=O) groups excluding carboxylic acids is 1. The predicted molar refractivity (Wildman–Crippen MR) is 61.7 cm³/mol. The van der Waals surface area contributed by atoms with Crippen molar-refractivity contribution in [2.75, 3.05) is 0 Å². The fourth-order valence-corrected chi connectivity index (χ4v) is 1.68. The maximum atomic E-state index is 13.6. The Labute approximate surface area is 106 Å². The molecule has 0 spiro atoms. The molecule has 0 aliphatic rings. The summed E-state index contributed by atoms with van der Waals surface area (Å²) in [5, 5.41) is 0. The topological polar surface area (TPSA) is 17.1 Å². The van der Waals surface area contributed by atoms with Crippen molar-refractivity contribution in [1.29, 1.82) is 0 Å². The summed E-state index contributed by atoms with van der Waals surface area (Å²) in [6.45, 7) is 1.26. The molecule has 0 saturated heterocycles. The summed E-state index contributed by atoms with van der Waals surface area (Å²) in [6, 6.07) is 4.22. The number of benzene rings is 2. The third-order valence-electron chi connectivity index (χ3n) is 2.67. The van der Waals surface area contributed by atoms with Crippen molar-refractivity contribution in [1.82, 2.24) is 0 Å². The van der Waals surface area contributed by atoms with E-state index in [1.807, 2.05) is 0 Å². The molecule has 0 unspecified atom stereocenters. The molecule has 0 amide bonds. The van der Waals surface area contributed by atoms with Crippen molar-refractivity contribution in [3.63, 3.8) is 0 Å². The first kappa shape index (κ1) is 13.3. The van der Waals surface area contributed by atoms with Gasteiger partial charge in [-0.05, 0) is 31.2 Å². The van der Waals surface area contributed by atoms with Crippen LogP contribution < -0.4 is 0 Å². The van der Waals surface area contributed by atoms with Crippen molar-refractivity contribution < 1.29 is 22.4 Å². The lowest BCUT2D eigenvalue weighted by Gasteiger charge is -2.07. The minimum Gasteiger partial charge on any atom is -0.295 e. The Morgan fingerprint density at radius 1 is 0.789 bits per heavy atom. The second kappa shape index (κ2) is 4.84. The molecular formula is C14H8F4O. The van der Waals surface area contributed by atoms with E-state index < -0.39 is 28.8 Å². The molecule has 0 bridgehead atoms. The largest absolute Gasteiger partial charge is 0.295 e. The van der Waals surface area contributed by atoms with Gasteiger partial charge in [0.05, 0.1) is 0 Å². The fraction of sp³-hybridized carbons (Fsp3) is 0.0714. The Kier molecular flexibility index (Phi) is 3.38. The summed E-state index contributed by atoms with van der Waals surface area (Å²) in [4.78, 5) is 11.2. The molecule has 0 aromatic heterocycles. The molecule has 2 rings (SSSR count). The first-order chi connectivity index (χ1) is 8.90. The summed E-state index contributed by atoms with van der Waals surface area (Å²) in [5.74, 6) is -4.91. The van der Waals surface area contributed by atoms with Gasteiger partial charge in [-0.2, -0.15) is 0 Å². The molecule has 2 aromatic carbocycles. The van der Waals surface area contributed by atoms with Crippen LogP contribution in [0.3, 0.4) is 0 Å². The second-order valence-electron chi connectivity index (χ2n) is 4.00. The lowest BCUT2D eigenvalue weighted by atomic mass is 10.0. The van der Waals surface area contributed by atoms with Gasteiger partial charge in [0.2, 0.25) is 0 Å². The molecule has 0 saturated carbocycles. The van der Waals surface area contributed by atoms with Crippen LogP contribution in [0.4, 0.5) is 17.6 Å². The maximum absolute atomic E-state index is 13.6. The van der Waals surface area contributed by atoms with Gasteiger partial charge in [-0.3, -0.25) is 4.79 Å². The van der Waals surface area contributed by atoms with Gasteiger partial charge in [-0.15, -0.1) is 0 Å². The number of rotatable bonds is 2. The van der Waals surface area contributed by atoms with Crippen molar-refractivity contribution in [2.45, 2.75) is 6.92 Å². The van der Waals surface area contributed by atoms with E-state index in [1.54, 1.807) is 0 Å². The van der Waals surface area contributed by atoms with E-state index in [0.29, 0.717) is 12.1 Å². The van der Waals surface area contributed by atoms with Crippen LogP contribution in [0.2, 0.25) is 0 Å². The molecule has 2 aromatic rings. The Morgan fingerprint density at radius 3 is 2.00 bits per heavy atom. The van der Waals surface area contributed by atoms with Crippen LogP contribution >= 0.6 is 0 Å². The summed E-state index contributed by atoms with van der Waals surface area (Å²) in [6.07, 6.45) is 0. The second-order valence-corrected chi connectivity index (χ2v) is 4.00. The Morgan fingerprint density at radius 2 is 1.37 bits per heavy atom. The van der Waals surface area contributed by atoms with Gasteiger partial charge in [0, 0.05) is 22.8 Å². The molecule has 0 atom stereocenters. The van der Waals surface area contributed by atoms with Crippen molar-refractivity contribution >= 4 is 5.78 Å². The highest BCUT2D eigenvalue weighted by Crippen LogP contribution is 2.28. The highest BCUT2D eigenvalue weighted by molar-refractivity contribution is 5.95. The van der Waals surface area contributed by atoms with Crippen molar-refractivity contribution in [3.05, 3.63) is 59.2 Å². The third-order valence-corrected chi connectivity index (χ3v) is 2.67. The standard InChI is InChI=1S/C14H8F4O/c1-7(19)8-2-3-11(15)9(4-8)10-5-13(17)14(18)6-12(10)16/h2-6H,1H3. The molecule has 0 N–H and O–H groups in total. The molecule has 1 nitrogen and oxygen atoms in total. The van der Waals surface area contributed by atoms with Gasteiger partial charge in [0.15, 0.2) is 17.4 Å². The number of halogens is 4. The van der Waals surface area contributed by atoms with Gasteiger partial charge in [-0.25, -0.2) is 17.6 Å². The maximum Gasteiger partial charge on any atom is 0.161 e. The molecular weight excluding hydrogens is 260 g/mol. The van der Waals surface area contributed by atoms with E-state index in [0.717, 1.165) is 12.1 Å². The Hall–Kier alpha value is -2.17. The quantitative estimate of drug-likeness (QED) is 0.455. The lowest BCUT2D eigenvalue weighted by molar-refractivity contribution is 0.101. The third kappa shape index (κ3) is 2.50. The van der Waals surface area contributed by atoms with Crippen LogP contribution in [0.25, 0.3) is 11.1 Å². The normalized spacial score (nSPS) is 10.6. The van der Waals surface area contributed by atoms with Crippen LogP contribution in [0.5, 0.6) is 0 Å². The smallest absolute Gasteiger partial charge is 0.161 e. The molecule has 5 heteroatoms. The van der Waals surface area contributed by atoms with Crippen LogP contribution in [0, 0.1) is 23.3 Å². The fourth-order valence-electron chi connectivity index (χ4n) is 1.68. The minimum atomic E-state index is -1.36. The highest BCUT2D eigenvalue weighted by Gasteiger charge is 2.16. The number of hydrogen-bond donors (Lipinski definition) is 0. The summed E-state index contributed by atoms with van der Waals surface area (Å²) >= 11 is 0. The number of carbonyl (C=O) groups is 1. The van der Waals surface area contributed by atoms with E-state index in [2.05, 4.69) is 0 Å². The zero-order valence-electron chi connectivity index (χ0n) is 9.81. The average Bonchev–Trinajstić information content (AvgIpc) is 2.34. The zero-order chi connectivity index (χ0) is 14.2. The van der Waals surface area contributed by atoms with Gasteiger partial charge in [0.25, 0.3) is 0 Å². The van der Waals surface area contributed by atoms with Gasteiger partial charge < -0.3 is 0 Å². The Bertz CT molecular complexity index is 665. The molecule has 0 aliphatic heterocycles. The molecule has 19 heavy (non-hydrogen) atoms. The average molecular weight is 268 g/mol. The van der Waals surface area contributed by atoms with Gasteiger partial charge in [-0.1, -0.05) is 0 Å². The van der Waals surface area contributed by atoms with E-state index >= 15 is 0 Å². The monoisotopic (exact) mass is 268 g/mol. The summed E-state index contributed by atoms with van der Waals surface area (Å²) in [5.41, 5.74) is -0.566. The van der Waals surface area contributed by atoms with Crippen molar-refractivity contribution in [2.24, 2.45) is 0 Å². The highest BCUT2D eigenvalue weighted by atomic mass is 19.2. The summed E-state index contributed by atoms with van der Waals surface area (Å²) < 4.78 is 53.1. The van der Waals surface area contributed by atoms with Gasteiger partial charge >= 0.3 is 0 Å². The molecule has 0 fully saturated rings. The van der Waals surface area contributed by atoms with E-state index in [4.69, 9.17) is 0 Å². The first-order valence-corrected chi connectivity index (χ1v) is 5.35. The van der Waals surface area contributed by atoms with Crippen molar-refractivity contribution in [3.8, 4) is 11.1 Å². The van der Waals surface area contributed by atoms with E-state index in [9.17, 15) is 22.4 Å². The Balaban J connectivity index is 2.67. The summed E-state index contributed by atoms with van der Waals surface area (Å²) in [7, 11) is 0. The minimum absolute atomic E-state index is 0.153. The molecule has 0 radical (unpaired) electrons. The molecule has 0 aliphatic carbocycles. The van der Waals surface area contributed by atoms with Crippen LogP contribution in [0.1, 0.15) is 17.3 Å². The predicted octanol–water partition coefficient (Wildman–Crippen LogP) is 4.11. The number of hydrogen-bond acceptors (Lipinski definition) is 1. The van der Waals surface area contributed by atoms with Crippen LogP contribution in [-0.2, 0) is 0 Å². The molecule has 0 heterocycles. The van der Waals surface area contributed by atoms with Gasteiger partial charge in [0.1, 0.15) is 11.6 Å². The molecule has 98 valence electrons. The number of ketones is 1. The first-order valence-electron chi connectivity index (χ1n) is 5.35. The van der Waals surface area contributed by atoms with Crippen LogP contribution in [-0.4, -0.2) is 5.78 Å². The lowest BCUT2D eigenvalue weighted by Crippen LogP contribution is -1.97. The zero-order valence-corrected chi connectivity index (χ0v) is 9.81. The SMILES string of the molecule is CC(=O)c1ccc(F)c(-c2cc(F)c(F)cc2F)c1. The van der Waals surface area contributed by atoms with E-state index in [-0.39, 0.29) is 16.9 Å².